The Labute approximate surface area is 183 Å². The van der Waals surface area contributed by atoms with Gasteiger partial charge in [0.2, 0.25) is 0 Å². The predicted molar refractivity (Wildman–Crippen MR) is 121 cm³/mol. The summed E-state index contributed by atoms with van der Waals surface area (Å²) in [5, 5.41) is 0. The van der Waals surface area contributed by atoms with E-state index < -0.39 is 10.9 Å². The molecule has 4 rings (SSSR count). The average Bonchev–Trinajstić information content (AvgIpc) is 2.75. The molecule has 0 nitrogen and oxygen atoms in total. The van der Waals surface area contributed by atoms with E-state index in [1.54, 1.807) is 49.9 Å². The first-order chi connectivity index (χ1) is 14.5. The standard InChI is InChI=1S/C26H21F2S2/c1-18-8-12-23(16-25(18)27)30(24-13-9-19(2)26(28)17-24)22-14-10-21(11-15-22)29-20-6-4-3-5-7-20/h3-17H,1-2H3/q+1. The largest absolute Gasteiger partial charge is 0.207 e. The monoisotopic (exact) mass is 435 g/mol. The highest BCUT2D eigenvalue weighted by Gasteiger charge is 2.30. The summed E-state index contributed by atoms with van der Waals surface area (Å²) >= 11 is 1.69. The molecule has 0 radical (unpaired) electrons. The Bertz CT molecular complexity index is 1100. The molecule has 0 saturated carbocycles. The van der Waals surface area contributed by atoms with E-state index in [4.69, 9.17) is 0 Å². The van der Waals surface area contributed by atoms with E-state index in [2.05, 4.69) is 36.4 Å². The Morgan fingerprint density at radius 1 is 0.567 bits per heavy atom. The first-order valence-electron chi connectivity index (χ1n) is 9.61. The molecular formula is C26H21F2S2+. The van der Waals surface area contributed by atoms with Crippen LogP contribution in [-0.2, 0) is 10.9 Å². The lowest BCUT2D eigenvalue weighted by molar-refractivity contribution is 0.614. The number of aryl methyl sites for hydroxylation is 2. The third-order valence-corrected chi connectivity index (χ3v) is 8.01. The van der Waals surface area contributed by atoms with Crippen molar-refractivity contribution < 1.29 is 8.78 Å². The SMILES string of the molecule is Cc1ccc([S+](c2ccc(Sc3ccccc3)cc2)c2ccc(C)c(F)c2)cc1F. The van der Waals surface area contributed by atoms with Gasteiger partial charge in [0.05, 0.1) is 10.9 Å². The fraction of sp³-hybridized carbons (Fsp3) is 0.0769. The topological polar surface area (TPSA) is 0 Å². The number of benzene rings is 4. The molecule has 0 aromatic heterocycles. The van der Waals surface area contributed by atoms with Crippen molar-refractivity contribution in [3.8, 4) is 0 Å². The maximum atomic E-state index is 14.3. The Kier molecular flexibility index (Phi) is 6.26. The number of hydrogen-bond acceptors (Lipinski definition) is 1. The maximum absolute atomic E-state index is 14.3. The summed E-state index contributed by atoms with van der Waals surface area (Å²) in [5.74, 6) is -0.484. The van der Waals surface area contributed by atoms with E-state index >= 15 is 0 Å². The summed E-state index contributed by atoms with van der Waals surface area (Å²) in [5.41, 5.74) is 1.21. The molecule has 150 valence electrons. The van der Waals surface area contributed by atoms with E-state index in [0.29, 0.717) is 11.1 Å². The minimum absolute atomic E-state index is 0.242. The van der Waals surface area contributed by atoms with Crippen LogP contribution in [0.4, 0.5) is 8.78 Å². The van der Waals surface area contributed by atoms with Crippen molar-refractivity contribution in [3.05, 3.63) is 114 Å². The first-order valence-corrected chi connectivity index (χ1v) is 11.6. The lowest BCUT2D eigenvalue weighted by atomic mass is 10.2. The normalized spacial score (nSPS) is 11.1. The second-order valence-electron chi connectivity index (χ2n) is 7.01. The van der Waals surface area contributed by atoms with Crippen molar-refractivity contribution in [1.29, 1.82) is 0 Å². The molecule has 0 saturated heterocycles. The third kappa shape index (κ3) is 4.61. The van der Waals surface area contributed by atoms with Gasteiger partial charge < -0.3 is 0 Å². The zero-order valence-electron chi connectivity index (χ0n) is 16.7. The van der Waals surface area contributed by atoms with Crippen molar-refractivity contribution >= 4 is 22.7 Å². The van der Waals surface area contributed by atoms with E-state index in [1.807, 2.05) is 30.3 Å². The van der Waals surface area contributed by atoms with Gasteiger partial charge >= 0.3 is 0 Å². The highest BCUT2D eigenvalue weighted by Crippen LogP contribution is 2.35. The first kappa shape index (κ1) is 20.7. The zero-order chi connectivity index (χ0) is 21.1. The quantitative estimate of drug-likeness (QED) is 0.288. The molecule has 0 aliphatic heterocycles. The van der Waals surface area contributed by atoms with Crippen molar-refractivity contribution in [2.24, 2.45) is 0 Å². The van der Waals surface area contributed by atoms with Crippen LogP contribution in [0.3, 0.4) is 0 Å². The predicted octanol–water partition coefficient (Wildman–Crippen LogP) is 7.83. The average molecular weight is 436 g/mol. The molecule has 4 aromatic carbocycles. The Morgan fingerprint density at radius 2 is 1.03 bits per heavy atom. The molecule has 4 heteroatoms. The molecule has 0 aliphatic carbocycles. The Balaban J connectivity index is 1.73. The second kappa shape index (κ2) is 9.07. The molecule has 0 spiro atoms. The van der Waals surface area contributed by atoms with Crippen LogP contribution in [0, 0.1) is 25.5 Å². The molecule has 0 bridgehead atoms. The van der Waals surface area contributed by atoms with Gasteiger partial charge in [-0.3, -0.25) is 0 Å². The van der Waals surface area contributed by atoms with Crippen LogP contribution in [0.1, 0.15) is 11.1 Å². The Hall–Kier alpha value is -2.56. The highest BCUT2D eigenvalue weighted by atomic mass is 32.2. The van der Waals surface area contributed by atoms with Crippen LogP contribution < -0.4 is 0 Å². The van der Waals surface area contributed by atoms with Gasteiger partial charge in [-0.1, -0.05) is 42.1 Å². The zero-order valence-corrected chi connectivity index (χ0v) is 18.4. The van der Waals surface area contributed by atoms with Gasteiger partial charge in [-0.2, -0.15) is 0 Å². The van der Waals surface area contributed by atoms with Crippen molar-refractivity contribution in [2.75, 3.05) is 0 Å². The van der Waals surface area contributed by atoms with Crippen LogP contribution >= 0.6 is 11.8 Å². The Morgan fingerprint density at radius 3 is 1.53 bits per heavy atom. The lowest BCUT2D eigenvalue weighted by Crippen LogP contribution is -2.06. The number of halogens is 2. The van der Waals surface area contributed by atoms with Crippen LogP contribution in [0.5, 0.6) is 0 Å². The summed E-state index contributed by atoms with van der Waals surface area (Å²) in [6, 6.07) is 29.0. The molecule has 4 aromatic rings. The lowest BCUT2D eigenvalue weighted by Gasteiger charge is -2.10. The van der Waals surface area contributed by atoms with E-state index in [0.717, 1.165) is 19.6 Å². The molecule has 0 heterocycles. The van der Waals surface area contributed by atoms with Crippen LogP contribution in [0.2, 0.25) is 0 Å². The molecule has 0 fully saturated rings. The van der Waals surface area contributed by atoms with Gasteiger partial charge in [-0.15, -0.1) is 0 Å². The third-order valence-electron chi connectivity index (χ3n) is 4.80. The van der Waals surface area contributed by atoms with Crippen LogP contribution in [-0.4, -0.2) is 0 Å². The fourth-order valence-corrected chi connectivity index (χ4v) is 5.99. The minimum atomic E-state index is -0.596. The fourth-order valence-electron chi connectivity index (χ4n) is 3.08. The summed E-state index contributed by atoms with van der Waals surface area (Å²) in [6.45, 7) is 3.50. The number of rotatable bonds is 5. The van der Waals surface area contributed by atoms with Crippen LogP contribution in [0.15, 0.2) is 115 Å². The summed E-state index contributed by atoms with van der Waals surface area (Å²) in [4.78, 5) is 5.00. The molecule has 0 aliphatic rings. The summed E-state index contributed by atoms with van der Waals surface area (Å²) in [7, 11) is -0.596. The second-order valence-corrected chi connectivity index (χ2v) is 10.2. The van der Waals surface area contributed by atoms with Gasteiger partial charge in [-0.25, -0.2) is 8.78 Å². The molecule has 30 heavy (non-hydrogen) atoms. The van der Waals surface area contributed by atoms with Crippen molar-refractivity contribution in [3.63, 3.8) is 0 Å². The van der Waals surface area contributed by atoms with Gasteiger partial charge in [-0.05, 0) is 73.5 Å². The van der Waals surface area contributed by atoms with E-state index in [9.17, 15) is 8.78 Å². The molecule has 0 amide bonds. The highest BCUT2D eigenvalue weighted by molar-refractivity contribution is 7.99. The van der Waals surface area contributed by atoms with Gasteiger partial charge in [0.15, 0.2) is 14.7 Å². The maximum Gasteiger partial charge on any atom is 0.169 e. The summed E-state index contributed by atoms with van der Waals surface area (Å²) < 4.78 is 28.7. The van der Waals surface area contributed by atoms with Gasteiger partial charge in [0, 0.05) is 21.9 Å². The van der Waals surface area contributed by atoms with Gasteiger partial charge in [0.1, 0.15) is 11.6 Å². The van der Waals surface area contributed by atoms with Crippen molar-refractivity contribution in [2.45, 2.75) is 38.3 Å². The van der Waals surface area contributed by atoms with Gasteiger partial charge in [0.25, 0.3) is 0 Å². The molecule has 0 atom stereocenters. The minimum Gasteiger partial charge on any atom is -0.207 e. The smallest absolute Gasteiger partial charge is 0.169 e. The molecule has 0 N–H and O–H groups in total. The van der Waals surface area contributed by atoms with E-state index in [1.165, 1.54) is 4.90 Å². The van der Waals surface area contributed by atoms with E-state index in [-0.39, 0.29) is 11.6 Å². The van der Waals surface area contributed by atoms with Crippen molar-refractivity contribution in [1.82, 2.24) is 0 Å². The number of hydrogen-bond donors (Lipinski definition) is 0. The molecular weight excluding hydrogens is 414 g/mol. The summed E-state index contributed by atoms with van der Waals surface area (Å²) in [6.07, 6.45) is 0. The molecule has 0 unspecified atom stereocenters. The van der Waals surface area contributed by atoms with Crippen LogP contribution in [0.25, 0.3) is 0 Å².